The number of aryl methyl sites for hydroxylation is 1. The van der Waals surface area contributed by atoms with Crippen LogP contribution in [0.5, 0.6) is 0 Å². The van der Waals surface area contributed by atoms with E-state index in [1.807, 2.05) is 19.3 Å². The first-order valence-corrected chi connectivity index (χ1v) is 4.86. The molecule has 0 saturated heterocycles. The first-order chi connectivity index (χ1) is 7.57. The molecular weight excluding hydrogens is 216 g/mol. The summed E-state index contributed by atoms with van der Waals surface area (Å²) >= 11 is 0. The summed E-state index contributed by atoms with van der Waals surface area (Å²) < 4.78 is 26.1. The number of nitrogens with one attached hydrogen (secondary N) is 1. The molecule has 1 aromatic rings. The second-order valence-corrected chi connectivity index (χ2v) is 2.69. The van der Waals surface area contributed by atoms with Crippen molar-refractivity contribution in [3.63, 3.8) is 0 Å². The van der Waals surface area contributed by atoms with Gasteiger partial charge in [0.25, 0.3) is 5.91 Å². The van der Waals surface area contributed by atoms with Gasteiger partial charge in [0, 0.05) is 0 Å². The van der Waals surface area contributed by atoms with E-state index in [1.165, 1.54) is 26.2 Å². The van der Waals surface area contributed by atoms with Crippen LogP contribution in [0.1, 0.15) is 29.8 Å². The highest BCUT2D eigenvalue weighted by atomic mass is 19.2. The zero-order valence-corrected chi connectivity index (χ0v) is 9.73. The summed E-state index contributed by atoms with van der Waals surface area (Å²) in [5, 5.41) is 0. The Morgan fingerprint density at radius 3 is 2.31 bits per heavy atom. The molecule has 0 unspecified atom stereocenters. The lowest BCUT2D eigenvalue weighted by atomic mass is 10.1. The average molecular weight is 231 g/mol. The average Bonchev–Trinajstić information content (AvgIpc) is 2.29. The number of carbonyl (C=O) groups is 1. The van der Waals surface area contributed by atoms with Crippen molar-refractivity contribution in [2.45, 2.75) is 20.8 Å². The van der Waals surface area contributed by atoms with Crippen LogP contribution in [0.4, 0.5) is 8.78 Å². The standard InChI is InChI=1S/C9H9F2NO2.C2H6/c1-5-3-4-6(8(11)7(5)10)9(13)12-14-2;1-2/h3-4H,1-2H3,(H,12,13);1-2H3. The van der Waals surface area contributed by atoms with E-state index in [0.29, 0.717) is 0 Å². The maximum Gasteiger partial charge on any atom is 0.277 e. The topological polar surface area (TPSA) is 38.3 Å². The Morgan fingerprint density at radius 2 is 1.81 bits per heavy atom. The van der Waals surface area contributed by atoms with E-state index >= 15 is 0 Å². The predicted molar refractivity (Wildman–Crippen MR) is 56.9 cm³/mol. The molecule has 90 valence electrons. The second kappa shape index (κ2) is 6.90. The van der Waals surface area contributed by atoms with E-state index in [1.54, 1.807) is 0 Å². The Labute approximate surface area is 93.4 Å². The van der Waals surface area contributed by atoms with Crippen molar-refractivity contribution in [2.75, 3.05) is 7.11 Å². The molecular formula is C11H15F2NO2. The van der Waals surface area contributed by atoms with Crippen LogP contribution in [0.25, 0.3) is 0 Å². The second-order valence-electron chi connectivity index (χ2n) is 2.69. The van der Waals surface area contributed by atoms with E-state index in [-0.39, 0.29) is 11.1 Å². The molecule has 1 aromatic carbocycles. The summed E-state index contributed by atoms with van der Waals surface area (Å²) in [6.07, 6.45) is 0. The van der Waals surface area contributed by atoms with E-state index in [4.69, 9.17) is 0 Å². The highest BCUT2D eigenvalue weighted by molar-refractivity contribution is 5.93. The van der Waals surface area contributed by atoms with Crippen molar-refractivity contribution >= 4 is 5.91 Å². The van der Waals surface area contributed by atoms with Crippen molar-refractivity contribution in [3.05, 3.63) is 34.9 Å². The molecule has 1 rings (SSSR count). The van der Waals surface area contributed by atoms with Gasteiger partial charge in [-0.25, -0.2) is 14.3 Å². The van der Waals surface area contributed by atoms with Gasteiger partial charge in [-0.05, 0) is 18.6 Å². The number of hydroxylamine groups is 1. The van der Waals surface area contributed by atoms with E-state index in [0.717, 1.165) is 0 Å². The summed E-state index contributed by atoms with van der Waals surface area (Å²) in [5.41, 5.74) is 1.67. The van der Waals surface area contributed by atoms with E-state index in [2.05, 4.69) is 4.84 Å². The highest BCUT2D eigenvalue weighted by Gasteiger charge is 2.16. The van der Waals surface area contributed by atoms with Crippen LogP contribution in [0.3, 0.4) is 0 Å². The third kappa shape index (κ3) is 3.27. The van der Waals surface area contributed by atoms with Crippen LogP contribution in [0.15, 0.2) is 12.1 Å². The number of amides is 1. The Bertz CT molecular complexity index is 367. The Kier molecular flexibility index (Phi) is 6.25. The molecule has 16 heavy (non-hydrogen) atoms. The monoisotopic (exact) mass is 231 g/mol. The molecule has 0 radical (unpaired) electrons. The Hall–Kier alpha value is -1.49. The fourth-order valence-corrected chi connectivity index (χ4v) is 0.969. The molecule has 1 amide bonds. The maximum atomic E-state index is 13.1. The van der Waals surface area contributed by atoms with Gasteiger partial charge in [-0.2, -0.15) is 0 Å². The number of carbonyl (C=O) groups excluding carboxylic acids is 1. The minimum absolute atomic E-state index is 0.150. The molecule has 5 heteroatoms. The van der Waals surface area contributed by atoms with Crippen LogP contribution in [-0.4, -0.2) is 13.0 Å². The largest absolute Gasteiger partial charge is 0.277 e. The molecule has 0 fully saturated rings. The summed E-state index contributed by atoms with van der Waals surface area (Å²) in [7, 11) is 1.21. The third-order valence-corrected chi connectivity index (χ3v) is 1.71. The summed E-state index contributed by atoms with van der Waals surface area (Å²) in [6.45, 7) is 5.41. The minimum atomic E-state index is -1.17. The van der Waals surface area contributed by atoms with Crippen LogP contribution in [0.2, 0.25) is 0 Å². The lowest BCUT2D eigenvalue weighted by molar-refractivity contribution is 0.0532. The van der Waals surface area contributed by atoms with Gasteiger partial charge in [0.1, 0.15) is 0 Å². The first kappa shape index (κ1) is 14.5. The number of halogens is 2. The van der Waals surface area contributed by atoms with Crippen LogP contribution in [-0.2, 0) is 4.84 Å². The zero-order valence-electron chi connectivity index (χ0n) is 9.73. The SMILES string of the molecule is CC.CONC(=O)c1ccc(C)c(F)c1F. The van der Waals surface area contributed by atoms with Crippen molar-refractivity contribution in [3.8, 4) is 0 Å². The molecule has 0 atom stereocenters. The maximum absolute atomic E-state index is 13.1. The summed E-state index contributed by atoms with van der Waals surface area (Å²) in [6, 6.07) is 2.52. The van der Waals surface area contributed by atoms with Gasteiger partial charge < -0.3 is 0 Å². The quantitative estimate of drug-likeness (QED) is 0.794. The van der Waals surface area contributed by atoms with Crippen molar-refractivity contribution in [2.24, 2.45) is 0 Å². The Balaban J connectivity index is 0.00000106. The van der Waals surface area contributed by atoms with Crippen molar-refractivity contribution < 1.29 is 18.4 Å². The summed E-state index contributed by atoms with van der Waals surface area (Å²) in [4.78, 5) is 15.4. The molecule has 0 saturated carbocycles. The third-order valence-electron chi connectivity index (χ3n) is 1.71. The smallest absolute Gasteiger partial charge is 0.277 e. The molecule has 0 aromatic heterocycles. The highest BCUT2D eigenvalue weighted by Crippen LogP contribution is 2.15. The first-order valence-electron chi connectivity index (χ1n) is 4.86. The molecule has 0 aliphatic rings. The number of hydrogen-bond donors (Lipinski definition) is 1. The van der Waals surface area contributed by atoms with Gasteiger partial charge in [-0.1, -0.05) is 19.9 Å². The molecule has 0 aliphatic heterocycles. The van der Waals surface area contributed by atoms with Crippen LogP contribution >= 0.6 is 0 Å². The van der Waals surface area contributed by atoms with Crippen molar-refractivity contribution in [1.82, 2.24) is 5.48 Å². The minimum Gasteiger partial charge on any atom is -0.277 e. The molecule has 0 aliphatic carbocycles. The number of rotatable bonds is 2. The van der Waals surface area contributed by atoms with Gasteiger partial charge in [0.15, 0.2) is 11.6 Å². The van der Waals surface area contributed by atoms with Crippen molar-refractivity contribution in [1.29, 1.82) is 0 Å². The van der Waals surface area contributed by atoms with Crippen LogP contribution in [0, 0.1) is 18.6 Å². The van der Waals surface area contributed by atoms with Gasteiger partial charge in [-0.15, -0.1) is 0 Å². The fraction of sp³-hybridized carbons (Fsp3) is 0.364. The van der Waals surface area contributed by atoms with Gasteiger partial charge >= 0.3 is 0 Å². The van der Waals surface area contributed by atoms with Gasteiger partial charge in [0.05, 0.1) is 12.7 Å². The van der Waals surface area contributed by atoms with E-state index < -0.39 is 17.5 Å². The fourth-order valence-electron chi connectivity index (χ4n) is 0.969. The summed E-state index contributed by atoms with van der Waals surface area (Å²) in [5.74, 6) is -3.00. The van der Waals surface area contributed by atoms with E-state index in [9.17, 15) is 13.6 Å². The molecule has 0 heterocycles. The molecule has 0 bridgehead atoms. The van der Waals surface area contributed by atoms with Gasteiger partial charge in [-0.3, -0.25) is 9.63 Å². The van der Waals surface area contributed by atoms with Crippen LogP contribution < -0.4 is 5.48 Å². The van der Waals surface area contributed by atoms with Gasteiger partial charge in [0.2, 0.25) is 0 Å². The zero-order chi connectivity index (χ0) is 12.7. The normalized spacial score (nSPS) is 9.12. The molecule has 3 nitrogen and oxygen atoms in total. The molecule has 0 spiro atoms. The predicted octanol–water partition coefficient (Wildman–Crippen LogP) is 2.59. The number of benzene rings is 1. The number of hydrogen-bond acceptors (Lipinski definition) is 2. The lowest BCUT2D eigenvalue weighted by Gasteiger charge is -2.05. The Morgan fingerprint density at radius 1 is 1.25 bits per heavy atom. The lowest BCUT2D eigenvalue weighted by Crippen LogP contribution is -2.23. The molecule has 1 N–H and O–H groups in total.